The summed E-state index contributed by atoms with van der Waals surface area (Å²) in [6.07, 6.45) is -3.36. The second kappa shape index (κ2) is 10.6. The van der Waals surface area contributed by atoms with E-state index in [1.54, 1.807) is 4.90 Å². The van der Waals surface area contributed by atoms with E-state index in [0.717, 1.165) is 24.1 Å². The number of aliphatic imine (C=N–C) groups is 1. The molecule has 26 heavy (non-hydrogen) atoms. The molecule has 1 aromatic carbocycles. The number of rotatable bonds is 5. The quantitative estimate of drug-likeness (QED) is 0.384. The average molecular weight is 484 g/mol. The third-order valence-corrected chi connectivity index (χ3v) is 3.83. The minimum atomic E-state index is -4.22. The summed E-state index contributed by atoms with van der Waals surface area (Å²) in [5, 5.41) is 5.45. The maximum Gasteiger partial charge on any atom is 0.390 e. The maximum absolute atomic E-state index is 12.5. The monoisotopic (exact) mass is 484 g/mol. The van der Waals surface area contributed by atoms with Crippen molar-refractivity contribution in [2.45, 2.75) is 32.4 Å². The van der Waals surface area contributed by atoms with Crippen LogP contribution in [0.25, 0.3) is 0 Å². The number of para-hydroxylation sites is 1. The van der Waals surface area contributed by atoms with Gasteiger partial charge in [0, 0.05) is 25.3 Å². The molecule has 1 aromatic rings. The molecule has 0 aliphatic carbocycles. The number of fused-ring (bicyclic) bond motifs is 1. The van der Waals surface area contributed by atoms with Crippen molar-refractivity contribution >= 4 is 41.5 Å². The van der Waals surface area contributed by atoms with Crippen LogP contribution in [0.3, 0.4) is 0 Å². The van der Waals surface area contributed by atoms with E-state index in [9.17, 15) is 18.0 Å². The minimum absolute atomic E-state index is 0. The Morgan fingerprint density at radius 1 is 1.27 bits per heavy atom. The molecule has 2 rings (SSSR count). The van der Waals surface area contributed by atoms with E-state index >= 15 is 0 Å². The Bertz CT molecular complexity index is 622. The SMILES string of the molecule is CCNC(=NCC(=O)N1CCCc2ccccc21)NCCC(F)(F)F.I. The highest BCUT2D eigenvalue weighted by atomic mass is 127. The zero-order valence-electron chi connectivity index (χ0n) is 14.6. The molecule has 0 saturated carbocycles. The Hall–Kier alpha value is -1.52. The number of nitrogens with one attached hydrogen (secondary N) is 2. The molecule has 0 fully saturated rings. The number of aryl methyl sites for hydroxylation is 1. The van der Waals surface area contributed by atoms with Crippen molar-refractivity contribution in [3.63, 3.8) is 0 Å². The molecule has 1 aliphatic heterocycles. The predicted octanol–water partition coefficient (Wildman–Crippen LogP) is 3.09. The molecule has 0 aromatic heterocycles. The van der Waals surface area contributed by atoms with Crippen molar-refractivity contribution in [3.8, 4) is 0 Å². The largest absolute Gasteiger partial charge is 0.390 e. The summed E-state index contributed by atoms with van der Waals surface area (Å²) in [5.41, 5.74) is 2.02. The topological polar surface area (TPSA) is 56.7 Å². The lowest BCUT2D eigenvalue weighted by Gasteiger charge is -2.29. The summed E-state index contributed by atoms with van der Waals surface area (Å²) in [5.74, 6) is 0.0468. The molecule has 1 amide bonds. The van der Waals surface area contributed by atoms with Gasteiger partial charge in [0.15, 0.2) is 5.96 Å². The van der Waals surface area contributed by atoms with Gasteiger partial charge in [-0.3, -0.25) is 4.79 Å². The number of halogens is 4. The first-order valence-corrected chi connectivity index (χ1v) is 8.38. The molecular formula is C17H24F3IN4O. The van der Waals surface area contributed by atoms with E-state index in [0.29, 0.717) is 13.1 Å². The highest BCUT2D eigenvalue weighted by Gasteiger charge is 2.26. The average Bonchev–Trinajstić information content (AvgIpc) is 2.57. The van der Waals surface area contributed by atoms with Crippen LogP contribution >= 0.6 is 24.0 Å². The van der Waals surface area contributed by atoms with Gasteiger partial charge in [-0.25, -0.2) is 4.99 Å². The molecule has 0 radical (unpaired) electrons. The zero-order valence-corrected chi connectivity index (χ0v) is 16.9. The molecule has 2 N–H and O–H groups in total. The van der Waals surface area contributed by atoms with Crippen LogP contribution in [0.1, 0.15) is 25.3 Å². The van der Waals surface area contributed by atoms with Crippen LogP contribution in [-0.2, 0) is 11.2 Å². The van der Waals surface area contributed by atoms with Crippen LogP contribution in [-0.4, -0.2) is 44.2 Å². The number of anilines is 1. The second-order valence-corrected chi connectivity index (χ2v) is 5.76. The van der Waals surface area contributed by atoms with Crippen LogP contribution in [0.15, 0.2) is 29.3 Å². The van der Waals surface area contributed by atoms with E-state index in [2.05, 4.69) is 15.6 Å². The molecule has 0 bridgehead atoms. The van der Waals surface area contributed by atoms with Crippen molar-refractivity contribution in [1.29, 1.82) is 0 Å². The number of guanidine groups is 1. The number of carbonyl (C=O) groups excluding carboxylic acids is 1. The number of nitrogens with zero attached hydrogens (tertiary/aromatic N) is 2. The summed E-state index contributed by atoms with van der Waals surface area (Å²) in [4.78, 5) is 18.3. The summed E-state index contributed by atoms with van der Waals surface area (Å²) >= 11 is 0. The van der Waals surface area contributed by atoms with E-state index in [1.807, 2.05) is 31.2 Å². The molecule has 1 heterocycles. The molecule has 1 aliphatic rings. The predicted molar refractivity (Wildman–Crippen MR) is 107 cm³/mol. The van der Waals surface area contributed by atoms with Crippen molar-refractivity contribution in [1.82, 2.24) is 10.6 Å². The lowest BCUT2D eigenvalue weighted by molar-refractivity contribution is -0.132. The Labute approximate surface area is 168 Å². The first-order valence-electron chi connectivity index (χ1n) is 8.38. The van der Waals surface area contributed by atoms with Crippen LogP contribution in [0.5, 0.6) is 0 Å². The van der Waals surface area contributed by atoms with Gasteiger partial charge in [0.1, 0.15) is 6.54 Å². The van der Waals surface area contributed by atoms with Crippen molar-refractivity contribution in [3.05, 3.63) is 29.8 Å². The molecule has 0 unspecified atom stereocenters. The second-order valence-electron chi connectivity index (χ2n) is 5.76. The third-order valence-electron chi connectivity index (χ3n) is 3.83. The fraction of sp³-hybridized carbons (Fsp3) is 0.529. The Kier molecular flexibility index (Phi) is 9.17. The van der Waals surface area contributed by atoms with Gasteiger partial charge in [0.05, 0.1) is 6.42 Å². The summed E-state index contributed by atoms with van der Waals surface area (Å²) in [7, 11) is 0. The van der Waals surface area contributed by atoms with Gasteiger partial charge < -0.3 is 15.5 Å². The smallest absolute Gasteiger partial charge is 0.357 e. The molecule has 0 atom stereocenters. The van der Waals surface area contributed by atoms with Gasteiger partial charge in [0.25, 0.3) is 0 Å². The first-order chi connectivity index (χ1) is 11.9. The highest BCUT2D eigenvalue weighted by molar-refractivity contribution is 14.0. The number of carbonyl (C=O) groups is 1. The zero-order chi connectivity index (χ0) is 18.3. The van der Waals surface area contributed by atoms with Gasteiger partial charge in [-0.2, -0.15) is 13.2 Å². The number of hydrogen-bond donors (Lipinski definition) is 2. The van der Waals surface area contributed by atoms with Crippen LogP contribution in [0.4, 0.5) is 18.9 Å². The van der Waals surface area contributed by atoms with E-state index < -0.39 is 12.6 Å². The van der Waals surface area contributed by atoms with Gasteiger partial charge in [0.2, 0.25) is 5.91 Å². The molecule has 0 spiro atoms. The Balaban J connectivity index is 0.00000338. The lowest BCUT2D eigenvalue weighted by atomic mass is 10.0. The fourth-order valence-electron chi connectivity index (χ4n) is 2.69. The van der Waals surface area contributed by atoms with Crippen LogP contribution in [0, 0.1) is 0 Å². The number of benzene rings is 1. The third kappa shape index (κ3) is 7.00. The Morgan fingerprint density at radius 2 is 2.00 bits per heavy atom. The summed E-state index contributed by atoms with van der Waals surface area (Å²) in [6, 6.07) is 7.74. The van der Waals surface area contributed by atoms with Gasteiger partial charge >= 0.3 is 6.18 Å². The molecule has 0 saturated heterocycles. The van der Waals surface area contributed by atoms with Crippen LogP contribution < -0.4 is 15.5 Å². The molecule has 146 valence electrons. The lowest BCUT2D eigenvalue weighted by Crippen LogP contribution is -2.41. The van der Waals surface area contributed by atoms with E-state index in [-0.39, 0.29) is 48.9 Å². The van der Waals surface area contributed by atoms with E-state index in [4.69, 9.17) is 0 Å². The minimum Gasteiger partial charge on any atom is -0.357 e. The van der Waals surface area contributed by atoms with Crippen LogP contribution in [0.2, 0.25) is 0 Å². The van der Waals surface area contributed by atoms with E-state index in [1.165, 1.54) is 0 Å². The molecular weight excluding hydrogens is 460 g/mol. The summed E-state index contributed by atoms with van der Waals surface area (Å²) < 4.78 is 36.7. The van der Waals surface area contributed by atoms with Crippen molar-refractivity contribution < 1.29 is 18.0 Å². The first kappa shape index (κ1) is 22.5. The molecule has 9 heteroatoms. The highest BCUT2D eigenvalue weighted by Crippen LogP contribution is 2.26. The van der Waals surface area contributed by atoms with Gasteiger partial charge in [-0.05, 0) is 31.4 Å². The number of hydrogen-bond acceptors (Lipinski definition) is 2. The van der Waals surface area contributed by atoms with Gasteiger partial charge in [-0.1, -0.05) is 18.2 Å². The van der Waals surface area contributed by atoms with Gasteiger partial charge in [-0.15, -0.1) is 24.0 Å². The van der Waals surface area contributed by atoms with Crippen molar-refractivity contribution in [2.75, 3.05) is 31.1 Å². The molecule has 5 nitrogen and oxygen atoms in total. The Morgan fingerprint density at radius 3 is 2.69 bits per heavy atom. The maximum atomic E-state index is 12.5. The fourth-order valence-corrected chi connectivity index (χ4v) is 2.69. The summed E-state index contributed by atoms with van der Waals surface area (Å²) in [6.45, 7) is 2.54. The van der Waals surface area contributed by atoms with Crippen molar-refractivity contribution in [2.24, 2.45) is 4.99 Å². The number of alkyl halides is 3. The normalized spacial score (nSPS) is 14.3. The standard InChI is InChI=1S/C17H23F3N4O.HI/c1-2-21-16(22-10-9-17(18,19)20)23-12-15(25)24-11-5-7-13-6-3-4-8-14(13)24;/h3-4,6,8H,2,5,7,9-12H2,1H3,(H2,21,22,23);1H. The number of amides is 1.